The van der Waals surface area contributed by atoms with Crippen molar-refractivity contribution in [2.75, 3.05) is 13.6 Å². The SMILES string of the molecule is Cc1ccc(-c2nnn(CC(=O)N(C)CCC(N)C(C)C)n2)cc1. The number of tetrazole rings is 1. The minimum absolute atomic E-state index is 0.0567. The van der Waals surface area contributed by atoms with Gasteiger partial charge in [0, 0.05) is 25.2 Å². The zero-order valence-electron chi connectivity index (χ0n) is 14.8. The zero-order chi connectivity index (χ0) is 17.7. The van der Waals surface area contributed by atoms with Crippen molar-refractivity contribution < 1.29 is 4.79 Å². The molecule has 2 aromatic rings. The summed E-state index contributed by atoms with van der Waals surface area (Å²) in [6, 6.07) is 7.97. The molecule has 24 heavy (non-hydrogen) atoms. The average Bonchev–Trinajstić information content (AvgIpc) is 3.01. The molecule has 0 bridgehead atoms. The summed E-state index contributed by atoms with van der Waals surface area (Å²) < 4.78 is 0. The number of hydrogen-bond acceptors (Lipinski definition) is 5. The summed E-state index contributed by atoms with van der Waals surface area (Å²) in [5.74, 6) is 0.869. The van der Waals surface area contributed by atoms with Crippen LogP contribution in [0.1, 0.15) is 25.8 Å². The third-order valence-electron chi connectivity index (χ3n) is 4.12. The lowest BCUT2D eigenvalue weighted by atomic mass is 10.0. The molecule has 0 saturated heterocycles. The Morgan fingerprint density at radius 3 is 2.58 bits per heavy atom. The lowest BCUT2D eigenvalue weighted by Gasteiger charge is -2.21. The van der Waals surface area contributed by atoms with E-state index in [0.717, 1.165) is 12.0 Å². The second-order valence-electron chi connectivity index (χ2n) is 6.52. The van der Waals surface area contributed by atoms with Gasteiger partial charge < -0.3 is 10.6 Å². The predicted octanol–water partition coefficient (Wildman–Crippen LogP) is 1.48. The quantitative estimate of drug-likeness (QED) is 0.830. The van der Waals surface area contributed by atoms with Gasteiger partial charge in [0.2, 0.25) is 11.7 Å². The molecule has 1 aromatic heterocycles. The lowest BCUT2D eigenvalue weighted by molar-refractivity contribution is -0.131. The molecule has 7 heteroatoms. The van der Waals surface area contributed by atoms with Crippen LogP contribution in [0, 0.1) is 12.8 Å². The van der Waals surface area contributed by atoms with Gasteiger partial charge in [0.05, 0.1) is 0 Å². The number of nitrogens with two attached hydrogens (primary N) is 1. The van der Waals surface area contributed by atoms with Gasteiger partial charge in [-0.05, 0) is 24.5 Å². The van der Waals surface area contributed by atoms with Gasteiger partial charge >= 0.3 is 0 Å². The van der Waals surface area contributed by atoms with Crippen molar-refractivity contribution in [2.45, 2.75) is 39.8 Å². The molecule has 1 amide bonds. The standard InChI is InChI=1S/C17H26N6O/c1-12(2)15(18)9-10-22(4)16(24)11-23-20-17(19-21-23)14-7-5-13(3)6-8-14/h5-8,12,15H,9-11,18H2,1-4H3. The largest absolute Gasteiger partial charge is 0.344 e. The van der Waals surface area contributed by atoms with E-state index in [1.807, 2.05) is 31.2 Å². The Morgan fingerprint density at radius 2 is 1.96 bits per heavy atom. The van der Waals surface area contributed by atoms with Crippen LogP contribution in [0.4, 0.5) is 0 Å². The van der Waals surface area contributed by atoms with Crippen molar-refractivity contribution in [3.05, 3.63) is 29.8 Å². The Morgan fingerprint density at radius 1 is 1.29 bits per heavy atom. The summed E-state index contributed by atoms with van der Waals surface area (Å²) >= 11 is 0. The molecule has 130 valence electrons. The van der Waals surface area contributed by atoms with Gasteiger partial charge in [0.15, 0.2) is 0 Å². The van der Waals surface area contributed by atoms with E-state index in [4.69, 9.17) is 5.73 Å². The van der Waals surface area contributed by atoms with Crippen LogP contribution in [-0.4, -0.2) is 50.6 Å². The first-order valence-corrected chi connectivity index (χ1v) is 8.21. The van der Waals surface area contributed by atoms with Crippen LogP contribution < -0.4 is 5.73 Å². The number of nitrogens with zero attached hydrogens (tertiary/aromatic N) is 5. The van der Waals surface area contributed by atoms with Gasteiger partial charge in [0.25, 0.3) is 0 Å². The molecule has 0 spiro atoms. The van der Waals surface area contributed by atoms with Crippen molar-refractivity contribution in [3.63, 3.8) is 0 Å². The van der Waals surface area contributed by atoms with E-state index in [1.165, 1.54) is 10.4 Å². The second-order valence-corrected chi connectivity index (χ2v) is 6.52. The highest BCUT2D eigenvalue weighted by molar-refractivity contribution is 5.75. The van der Waals surface area contributed by atoms with Gasteiger partial charge in [-0.15, -0.1) is 10.2 Å². The number of carbonyl (C=O) groups excluding carboxylic acids is 1. The summed E-state index contributed by atoms with van der Waals surface area (Å²) in [4.78, 5) is 15.2. The van der Waals surface area contributed by atoms with Gasteiger partial charge in [-0.2, -0.15) is 4.80 Å². The molecule has 1 heterocycles. The smallest absolute Gasteiger partial charge is 0.245 e. The Hall–Kier alpha value is -2.28. The molecule has 7 nitrogen and oxygen atoms in total. The van der Waals surface area contributed by atoms with Gasteiger partial charge in [0.1, 0.15) is 6.54 Å². The van der Waals surface area contributed by atoms with Gasteiger partial charge in [-0.1, -0.05) is 43.7 Å². The lowest BCUT2D eigenvalue weighted by Crippen LogP contribution is -2.36. The summed E-state index contributed by atoms with van der Waals surface area (Å²) in [7, 11) is 1.77. The molecule has 2 rings (SSSR count). The van der Waals surface area contributed by atoms with Crippen LogP contribution in [-0.2, 0) is 11.3 Å². The van der Waals surface area contributed by atoms with Crippen LogP contribution in [0.2, 0.25) is 0 Å². The van der Waals surface area contributed by atoms with Crippen molar-refractivity contribution >= 4 is 5.91 Å². The van der Waals surface area contributed by atoms with E-state index in [-0.39, 0.29) is 18.5 Å². The molecule has 0 radical (unpaired) electrons. The number of aromatic nitrogens is 4. The van der Waals surface area contributed by atoms with E-state index < -0.39 is 0 Å². The minimum Gasteiger partial charge on any atom is -0.344 e. The Labute approximate surface area is 142 Å². The number of aryl methyl sites for hydroxylation is 1. The van der Waals surface area contributed by atoms with Crippen LogP contribution in [0.5, 0.6) is 0 Å². The number of likely N-dealkylation sites (N-methyl/N-ethyl adjacent to an activating group) is 1. The zero-order valence-corrected chi connectivity index (χ0v) is 14.8. The van der Waals surface area contributed by atoms with Crippen LogP contribution in [0.15, 0.2) is 24.3 Å². The fourth-order valence-corrected chi connectivity index (χ4v) is 2.17. The predicted molar refractivity (Wildman–Crippen MR) is 93.1 cm³/mol. The maximum absolute atomic E-state index is 12.2. The number of benzene rings is 1. The summed E-state index contributed by atoms with van der Waals surface area (Å²) in [5.41, 5.74) is 8.07. The first kappa shape index (κ1) is 18.1. The van der Waals surface area contributed by atoms with Crippen molar-refractivity contribution in [3.8, 4) is 11.4 Å². The first-order chi connectivity index (χ1) is 11.4. The molecule has 0 saturated carbocycles. The highest BCUT2D eigenvalue weighted by atomic mass is 16.2. The maximum Gasteiger partial charge on any atom is 0.245 e. The molecule has 0 aliphatic rings. The number of amides is 1. The molecule has 1 unspecified atom stereocenters. The average molecular weight is 330 g/mol. The van der Waals surface area contributed by atoms with E-state index in [0.29, 0.717) is 18.3 Å². The monoisotopic (exact) mass is 330 g/mol. The molecular weight excluding hydrogens is 304 g/mol. The number of rotatable bonds is 7. The fourth-order valence-electron chi connectivity index (χ4n) is 2.17. The summed E-state index contributed by atoms with van der Waals surface area (Å²) in [6.45, 7) is 6.88. The summed E-state index contributed by atoms with van der Waals surface area (Å²) in [5, 5.41) is 12.3. The third-order valence-corrected chi connectivity index (χ3v) is 4.12. The van der Waals surface area contributed by atoms with E-state index in [9.17, 15) is 4.79 Å². The number of carbonyl (C=O) groups is 1. The Balaban J connectivity index is 1.91. The second kappa shape index (κ2) is 8.01. The Bertz CT molecular complexity index is 664. The molecule has 2 N–H and O–H groups in total. The molecule has 0 fully saturated rings. The minimum atomic E-state index is -0.0567. The molecule has 0 aliphatic heterocycles. The first-order valence-electron chi connectivity index (χ1n) is 8.21. The summed E-state index contributed by atoms with van der Waals surface area (Å²) in [6.07, 6.45) is 0.777. The van der Waals surface area contributed by atoms with Crippen molar-refractivity contribution in [1.82, 2.24) is 25.1 Å². The number of hydrogen-bond donors (Lipinski definition) is 1. The van der Waals surface area contributed by atoms with E-state index in [2.05, 4.69) is 29.3 Å². The van der Waals surface area contributed by atoms with E-state index >= 15 is 0 Å². The fraction of sp³-hybridized carbons (Fsp3) is 0.529. The third kappa shape index (κ3) is 4.86. The Kier molecular flexibility index (Phi) is 6.03. The van der Waals surface area contributed by atoms with Gasteiger partial charge in [-0.3, -0.25) is 4.79 Å². The highest BCUT2D eigenvalue weighted by Gasteiger charge is 2.15. The van der Waals surface area contributed by atoms with Gasteiger partial charge in [-0.25, -0.2) is 0 Å². The van der Waals surface area contributed by atoms with Crippen LogP contribution in [0.3, 0.4) is 0 Å². The topological polar surface area (TPSA) is 89.9 Å². The van der Waals surface area contributed by atoms with Crippen molar-refractivity contribution in [2.24, 2.45) is 11.7 Å². The maximum atomic E-state index is 12.2. The highest BCUT2D eigenvalue weighted by Crippen LogP contribution is 2.13. The van der Waals surface area contributed by atoms with E-state index in [1.54, 1.807) is 11.9 Å². The molecule has 0 aliphatic carbocycles. The van der Waals surface area contributed by atoms with Crippen LogP contribution in [0.25, 0.3) is 11.4 Å². The van der Waals surface area contributed by atoms with Crippen molar-refractivity contribution in [1.29, 1.82) is 0 Å². The van der Waals surface area contributed by atoms with Crippen LogP contribution >= 0.6 is 0 Å². The normalized spacial score (nSPS) is 12.4. The molecule has 1 atom stereocenters. The molecule has 1 aromatic carbocycles. The molecular formula is C17H26N6O.